The summed E-state index contributed by atoms with van der Waals surface area (Å²) in [5.74, 6) is 1.53. The molecular formula is C25H27N3O4. The fourth-order valence-electron chi connectivity index (χ4n) is 4.72. The maximum absolute atomic E-state index is 12.6. The summed E-state index contributed by atoms with van der Waals surface area (Å²) in [6, 6.07) is 16.2. The fraction of sp³-hybridized carbons (Fsp3) is 0.360. The van der Waals surface area contributed by atoms with Crippen molar-refractivity contribution in [2.45, 2.75) is 44.2 Å². The van der Waals surface area contributed by atoms with Crippen LogP contribution in [0.2, 0.25) is 0 Å². The van der Waals surface area contributed by atoms with Gasteiger partial charge in [0.25, 0.3) is 0 Å². The quantitative estimate of drug-likeness (QED) is 0.572. The van der Waals surface area contributed by atoms with Gasteiger partial charge in [0, 0.05) is 43.2 Å². The molecule has 0 saturated carbocycles. The molecule has 0 bridgehead atoms. The summed E-state index contributed by atoms with van der Waals surface area (Å²) in [4.78, 5) is 24.6. The van der Waals surface area contributed by atoms with Gasteiger partial charge in [-0.25, -0.2) is 0 Å². The number of nitrogens with one attached hydrogen (secondary N) is 2. The maximum atomic E-state index is 12.6. The number of nitrogens with zero attached hydrogens (tertiary/aromatic N) is 1. The van der Waals surface area contributed by atoms with Gasteiger partial charge in [0.2, 0.25) is 18.6 Å². The highest BCUT2D eigenvalue weighted by molar-refractivity contribution is 5.81. The molecule has 1 atom stereocenters. The van der Waals surface area contributed by atoms with Crippen LogP contribution in [0.15, 0.2) is 54.7 Å². The molecule has 1 saturated heterocycles. The van der Waals surface area contributed by atoms with Crippen molar-refractivity contribution in [2.24, 2.45) is 0 Å². The molecule has 2 N–H and O–H groups in total. The number of ether oxygens (including phenoxy) is 2. The smallest absolute Gasteiger partial charge is 0.231 e. The first-order valence-electron chi connectivity index (χ1n) is 11.1. The molecule has 1 aromatic heterocycles. The lowest BCUT2D eigenvalue weighted by atomic mass is 9.85. The van der Waals surface area contributed by atoms with Gasteiger partial charge in [0.15, 0.2) is 11.5 Å². The Morgan fingerprint density at radius 1 is 1.12 bits per heavy atom. The van der Waals surface area contributed by atoms with Crippen LogP contribution in [0.25, 0.3) is 10.9 Å². The van der Waals surface area contributed by atoms with Crippen molar-refractivity contribution in [1.82, 2.24) is 15.2 Å². The number of benzene rings is 2. The molecule has 0 unspecified atom stereocenters. The van der Waals surface area contributed by atoms with E-state index < -0.39 is 5.54 Å². The van der Waals surface area contributed by atoms with Gasteiger partial charge in [0.05, 0.1) is 0 Å². The van der Waals surface area contributed by atoms with Crippen LogP contribution in [0.3, 0.4) is 0 Å². The van der Waals surface area contributed by atoms with E-state index in [1.165, 1.54) is 5.39 Å². The number of fused-ring (bicyclic) bond motifs is 2. The van der Waals surface area contributed by atoms with Gasteiger partial charge in [-0.1, -0.05) is 24.3 Å². The van der Waals surface area contributed by atoms with E-state index in [-0.39, 0.29) is 18.6 Å². The van der Waals surface area contributed by atoms with Crippen molar-refractivity contribution in [3.63, 3.8) is 0 Å². The van der Waals surface area contributed by atoms with Crippen molar-refractivity contribution < 1.29 is 19.1 Å². The lowest BCUT2D eigenvalue weighted by Gasteiger charge is -2.29. The van der Waals surface area contributed by atoms with Gasteiger partial charge < -0.3 is 24.7 Å². The predicted octanol–water partition coefficient (Wildman–Crippen LogP) is 3.16. The Hall–Kier alpha value is -3.48. The number of para-hydroxylation sites is 1. The lowest BCUT2D eigenvalue weighted by Crippen LogP contribution is -2.44. The van der Waals surface area contributed by atoms with Gasteiger partial charge >= 0.3 is 0 Å². The molecule has 2 aliphatic rings. The topological polar surface area (TPSA) is 81.6 Å². The molecule has 7 nitrogen and oxygen atoms in total. The first kappa shape index (κ1) is 20.4. The second-order valence-electron chi connectivity index (χ2n) is 8.61. The Bertz CT molecular complexity index is 1160. The Morgan fingerprint density at radius 2 is 2.00 bits per heavy atom. The predicted molar refractivity (Wildman–Crippen MR) is 121 cm³/mol. The second kappa shape index (κ2) is 8.57. The largest absolute Gasteiger partial charge is 0.454 e. The molecule has 7 heteroatoms. The molecule has 2 aliphatic heterocycles. The summed E-state index contributed by atoms with van der Waals surface area (Å²) in [6.45, 7) is 1.52. The summed E-state index contributed by atoms with van der Waals surface area (Å²) in [7, 11) is 0. The molecule has 0 spiro atoms. The van der Waals surface area contributed by atoms with Crippen molar-refractivity contribution in [3.8, 4) is 11.5 Å². The molecule has 0 aliphatic carbocycles. The normalized spacial score (nSPS) is 19.3. The number of hydrogen-bond acceptors (Lipinski definition) is 4. The Labute approximate surface area is 186 Å². The maximum Gasteiger partial charge on any atom is 0.231 e. The van der Waals surface area contributed by atoms with Gasteiger partial charge in [0.1, 0.15) is 0 Å². The zero-order valence-corrected chi connectivity index (χ0v) is 17.9. The summed E-state index contributed by atoms with van der Waals surface area (Å²) >= 11 is 0. The van der Waals surface area contributed by atoms with E-state index in [4.69, 9.17) is 9.47 Å². The number of rotatable bonds is 8. The molecule has 3 heterocycles. The van der Waals surface area contributed by atoms with Crippen LogP contribution in [-0.2, 0) is 22.6 Å². The van der Waals surface area contributed by atoms with Gasteiger partial charge in [-0.3, -0.25) is 9.59 Å². The molecular weight excluding hydrogens is 406 g/mol. The highest BCUT2D eigenvalue weighted by Gasteiger charge is 2.38. The number of amides is 2. The average molecular weight is 434 g/mol. The molecule has 2 aromatic carbocycles. The van der Waals surface area contributed by atoms with E-state index >= 15 is 0 Å². The Morgan fingerprint density at radius 3 is 2.88 bits per heavy atom. The monoisotopic (exact) mass is 433 g/mol. The number of aromatic nitrogens is 1. The van der Waals surface area contributed by atoms with Gasteiger partial charge in [-0.15, -0.1) is 0 Å². The number of carbonyl (C=O) groups is 2. The van der Waals surface area contributed by atoms with E-state index in [2.05, 4.69) is 33.4 Å². The minimum atomic E-state index is -0.404. The van der Waals surface area contributed by atoms with Crippen LogP contribution in [0.5, 0.6) is 11.5 Å². The third kappa shape index (κ3) is 4.28. The first-order valence-corrected chi connectivity index (χ1v) is 11.1. The molecule has 3 aromatic rings. The van der Waals surface area contributed by atoms with Crippen molar-refractivity contribution in [3.05, 3.63) is 60.3 Å². The van der Waals surface area contributed by atoms with E-state index in [9.17, 15) is 9.59 Å². The van der Waals surface area contributed by atoms with Crippen LogP contribution >= 0.6 is 0 Å². The molecule has 1 fully saturated rings. The minimum Gasteiger partial charge on any atom is -0.454 e. The molecule has 5 rings (SSSR count). The number of hydrogen-bond donors (Lipinski definition) is 2. The SMILES string of the molecule is O=C(CC[C@@]1(Cc2ccc3c(c2)OCO3)CCC(=O)N1)NCCn1ccc2ccccc21. The first-order chi connectivity index (χ1) is 15.6. The second-order valence-corrected chi connectivity index (χ2v) is 8.61. The zero-order valence-electron chi connectivity index (χ0n) is 17.9. The van der Waals surface area contributed by atoms with E-state index in [1.807, 2.05) is 36.5 Å². The van der Waals surface area contributed by atoms with Crippen molar-refractivity contribution >= 4 is 22.7 Å². The van der Waals surface area contributed by atoms with Gasteiger partial charge in [-0.2, -0.15) is 0 Å². The van der Waals surface area contributed by atoms with E-state index in [0.29, 0.717) is 32.2 Å². The van der Waals surface area contributed by atoms with Crippen LogP contribution in [0, 0.1) is 0 Å². The summed E-state index contributed by atoms with van der Waals surface area (Å²) in [6.07, 6.45) is 4.90. The zero-order chi connectivity index (χ0) is 22.0. The molecule has 2 amide bonds. The van der Waals surface area contributed by atoms with Crippen LogP contribution < -0.4 is 20.1 Å². The standard InChI is InChI=1S/C25H27N3O4/c29-23(26-12-14-28-13-9-19-3-1-2-4-20(19)28)7-10-25(11-8-24(30)27-25)16-18-5-6-21-22(15-18)32-17-31-21/h1-6,9,13,15H,7-8,10-12,14,16-17H2,(H,26,29)(H,27,30)/t25-/m0/s1. The lowest BCUT2D eigenvalue weighted by molar-refractivity contribution is -0.122. The summed E-state index contributed by atoms with van der Waals surface area (Å²) in [5.41, 5.74) is 1.83. The number of carbonyl (C=O) groups excluding carboxylic acids is 2. The van der Waals surface area contributed by atoms with Crippen LogP contribution in [0.4, 0.5) is 0 Å². The fourth-order valence-corrected chi connectivity index (χ4v) is 4.72. The third-order valence-electron chi connectivity index (χ3n) is 6.40. The molecule has 32 heavy (non-hydrogen) atoms. The van der Waals surface area contributed by atoms with E-state index in [1.54, 1.807) is 0 Å². The summed E-state index contributed by atoms with van der Waals surface area (Å²) in [5, 5.41) is 7.36. The van der Waals surface area contributed by atoms with Crippen molar-refractivity contribution in [1.29, 1.82) is 0 Å². The summed E-state index contributed by atoms with van der Waals surface area (Å²) < 4.78 is 13.0. The van der Waals surface area contributed by atoms with Gasteiger partial charge in [-0.05, 0) is 54.5 Å². The third-order valence-corrected chi connectivity index (χ3v) is 6.40. The minimum absolute atomic E-state index is 0.00710. The Balaban J connectivity index is 1.16. The van der Waals surface area contributed by atoms with Crippen molar-refractivity contribution in [2.75, 3.05) is 13.3 Å². The highest BCUT2D eigenvalue weighted by atomic mass is 16.7. The average Bonchev–Trinajstić information content (AvgIpc) is 3.51. The van der Waals surface area contributed by atoms with E-state index in [0.717, 1.165) is 35.5 Å². The van der Waals surface area contributed by atoms with Crippen LogP contribution in [-0.4, -0.2) is 35.3 Å². The Kier molecular flexibility index (Phi) is 5.47. The van der Waals surface area contributed by atoms with Crippen LogP contribution in [0.1, 0.15) is 31.2 Å². The highest BCUT2D eigenvalue weighted by Crippen LogP contribution is 2.36. The molecule has 166 valence electrons. The molecule has 0 radical (unpaired) electrons.